The van der Waals surface area contributed by atoms with Crippen molar-refractivity contribution in [2.75, 3.05) is 13.1 Å². The van der Waals surface area contributed by atoms with E-state index in [2.05, 4.69) is 43.0 Å². The van der Waals surface area contributed by atoms with Crippen LogP contribution in [0.1, 0.15) is 71.0 Å². The van der Waals surface area contributed by atoms with Gasteiger partial charge in [0.1, 0.15) is 0 Å². The maximum Gasteiger partial charge on any atom is 0.0627 e. The van der Waals surface area contributed by atoms with Crippen molar-refractivity contribution in [2.45, 2.75) is 71.8 Å². The van der Waals surface area contributed by atoms with Crippen LogP contribution in [0.3, 0.4) is 0 Å². The van der Waals surface area contributed by atoms with Gasteiger partial charge in [0.05, 0.1) is 11.7 Å². The lowest BCUT2D eigenvalue weighted by Gasteiger charge is -2.31. The predicted molar refractivity (Wildman–Crippen MR) is 89.5 cm³/mol. The molecule has 21 heavy (non-hydrogen) atoms. The molecule has 2 unspecified atom stereocenters. The van der Waals surface area contributed by atoms with Crippen LogP contribution in [0.15, 0.2) is 12.3 Å². The van der Waals surface area contributed by atoms with E-state index >= 15 is 0 Å². The van der Waals surface area contributed by atoms with Crippen LogP contribution in [-0.2, 0) is 6.42 Å². The van der Waals surface area contributed by atoms with E-state index in [1.807, 2.05) is 0 Å². The fraction of sp³-hybridized carbons (Fsp3) is 0.833. The molecule has 0 amide bonds. The summed E-state index contributed by atoms with van der Waals surface area (Å²) in [5, 5.41) is 8.41. The molecular weight excluding hydrogens is 258 g/mol. The fourth-order valence-corrected chi connectivity index (χ4v) is 3.77. The summed E-state index contributed by atoms with van der Waals surface area (Å²) in [6.07, 6.45) is 11.3. The summed E-state index contributed by atoms with van der Waals surface area (Å²) in [4.78, 5) is 0. The number of hydrogen-bond acceptors (Lipinski definition) is 2. The molecule has 1 heterocycles. The Morgan fingerprint density at radius 1 is 1.19 bits per heavy atom. The molecule has 0 radical (unpaired) electrons. The lowest BCUT2D eigenvalue weighted by atomic mass is 9.77. The molecule has 2 atom stereocenters. The molecule has 1 aliphatic carbocycles. The van der Waals surface area contributed by atoms with E-state index in [1.54, 1.807) is 0 Å². The van der Waals surface area contributed by atoms with Gasteiger partial charge in [0.2, 0.25) is 0 Å². The molecular formula is C18H33N3. The highest BCUT2D eigenvalue weighted by Crippen LogP contribution is 2.32. The van der Waals surface area contributed by atoms with E-state index in [0.29, 0.717) is 6.04 Å². The molecule has 0 aromatic carbocycles. The second-order valence-electron chi connectivity index (χ2n) is 6.57. The largest absolute Gasteiger partial charge is 0.317 e. The van der Waals surface area contributed by atoms with Gasteiger partial charge in [-0.25, -0.2) is 0 Å². The molecule has 0 spiro atoms. The highest BCUT2D eigenvalue weighted by Gasteiger charge is 2.25. The molecule has 120 valence electrons. The zero-order chi connectivity index (χ0) is 15.1. The van der Waals surface area contributed by atoms with Crippen LogP contribution in [0.25, 0.3) is 0 Å². The Balaban J connectivity index is 1.95. The van der Waals surface area contributed by atoms with Crippen LogP contribution in [0.4, 0.5) is 0 Å². The molecule has 3 heteroatoms. The maximum absolute atomic E-state index is 4.86. The monoisotopic (exact) mass is 291 g/mol. The quantitative estimate of drug-likeness (QED) is 0.778. The second-order valence-corrected chi connectivity index (χ2v) is 6.57. The van der Waals surface area contributed by atoms with Crippen LogP contribution in [0, 0.1) is 11.8 Å². The van der Waals surface area contributed by atoms with Crippen LogP contribution in [-0.4, -0.2) is 22.9 Å². The summed E-state index contributed by atoms with van der Waals surface area (Å²) >= 11 is 0. The third-order valence-electron chi connectivity index (χ3n) is 5.17. The summed E-state index contributed by atoms with van der Waals surface area (Å²) in [6, 6.07) is 2.82. The van der Waals surface area contributed by atoms with E-state index in [0.717, 1.165) is 18.4 Å². The summed E-state index contributed by atoms with van der Waals surface area (Å²) in [6.45, 7) is 8.99. The smallest absolute Gasteiger partial charge is 0.0627 e. The van der Waals surface area contributed by atoms with Gasteiger partial charge in [0.15, 0.2) is 0 Å². The van der Waals surface area contributed by atoms with E-state index in [4.69, 9.17) is 5.10 Å². The molecule has 1 aromatic heterocycles. The van der Waals surface area contributed by atoms with Crippen molar-refractivity contribution < 1.29 is 0 Å². The Hall–Kier alpha value is -0.830. The first-order valence-corrected chi connectivity index (χ1v) is 9.03. The third kappa shape index (κ3) is 4.57. The second kappa shape index (κ2) is 8.57. The Labute approximate surface area is 130 Å². The van der Waals surface area contributed by atoms with Gasteiger partial charge >= 0.3 is 0 Å². The lowest BCUT2D eigenvalue weighted by molar-refractivity contribution is 0.227. The molecule has 1 aromatic rings. The fourth-order valence-electron chi connectivity index (χ4n) is 3.77. The summed E-state index contributed by atoms with van der Waals surface area (Å²) in [5.74, 6) is 1.67. The van der Waals surface area contributed by atoms with E-state index < -0.39 is 0 Å². The van der Waals surface area contributed by atoms with Crippen molar-refractivity contribution >= 4 is 0 Å². The van der Waals surface area contributed by atoms with Crippen molar-refractivity contribution in [3.8, 4) is 0 Å². The Kier molecular flexibility index (Phi) is 6.75. The van der Waals surface area contributed by atoms with Gasteiger partial charge < -0.3 is 5.32 Å². The van der Waals surface area contributed by atoms with E-state index in [-0.39, 0.29) is 0 Å². The summed E-state index contributed by atoms with van der Waals surface area (Å²) in [5.41, 5.74) is 1.30. The number of nitrogens with one attached hydrogen (secondary N) is 1. The van der Waals surface area contributed by atoms with Crippen molar-refractivity contribution in [3.63, 3.8) is 0 Å². The van der Waals surface area contributed by atoms with Gasteiger partial charge in [-0.1, -0.05) is 33.6 Å². The first-order chi connectivity index (χ1) is 10.3. The molecule has 2 rings (SSSR count). The summed E-state index contributed by atoms with van der Waals surface area (Å²) < 4.78 is 2.19. The highest BCUT2D eigenvalue weighted by atomic mass is 15.3. The van der Waals surface area contributed by atoms with Crippen molar-refractivity contribution in [1.29, 1.82) is 0 Å². The molecule has 0 bridgehead atoms. The molecule has 0 aliphatic heterocycles. The number of nitrogens with zero attached hydrogens (tertiary/aromatic N) is 2. The first kappa shape index (κ1) is 16.5. The number of rotatable bonds is 8. The van der Waals surface area contributed by atoms with Crippen LogP contribution in [0.5, 0.6) is 0 Å². The minimum atomic E-state index is 0.572. The van der Waals surface area contributed by atoms with Crippen LogP contribution >= 0.6 is 0 Å². The average molecular weight is 291 g/mol. The van der Waals surface area contributed by atoms with Crippen molar-refractivity contribution in [1.82, 2.24) is 15.1 Å². The van der Waals surface area contributed by atoms with Gasteiger partial charge in [-0.2, -0.15) is 5.10 Å². The molecule has 0 saturated heterocycles. The zero-order valence-electron chi connectivity index (χ0n) is 14.1. The van der Waals surface area contributed by atoms with Gasteiger partial charge in [-0.05, 0) is 63.1 Å². The summed E-state index contributed by atoms with van der Waals surface area (Å²) in [7, 11) is 0. The lowest BCUT2D eigenvalue weighted by Crippen LogP contribution is -2.31. The van der Waals surface area contributed by atoms with Gasteiger partial charge in [-0.3, -0.25) is 4.68 Å². The number of hydrogen-bond donors (Lipinski definition) is 1. The minimum Gasteiger partial charge on any atom is -0.317 e. The SMILES string of the molecule is CCNCC1CCCCC1Cc1ccn(C(CC)CC)n1. The Morgan fingerprint density at radius 2 is 1.90 bits per heavy atom. The molecule has 1 aliphatic rings. The number of aromatic nitrogens is 2. The molecule has 3 nitrogen and oxygen atoms in total. The van der Waals surface area contributed by atoms with Crippen molar-refractivity contribution in [2.24, 2.45) is 11.8 Å². The van der Waals surface area contributed by atoms with Crippen molar-refractivity contribution in [3.05, 3.63) is 18.0 Å². The predicted octanol–water partition coefficient (Wildman–Crippen LogP) is 4.20. The highest BCUT2D eigenvalue weighted by molar-refractivity contribution is 5.02. The third-order valence-corrected chi connectivity index (χ3v) is 5.17. The molecule has 1 saturated carbocycles. The Morgan fingerprint density at radius 3 is 2.57 bits per heavy atom. The normalized spacial score (nSPS) is 22.9. The Bertz CT molecular complexity index is 395. The van der Waals surface area contributed by atoms with Gasteiger partial charge in [-0.15, -0.1) is 0 Å². The van der Waals surface area contributed by atoms with Gasteiger partial charge in [0, 0.05) is 6.20 Å². The van der Waals surface area contributed by atoms with Crippen LogP contribution in [0.2, 0.25) is 0 Å². The maximum atomic E-state index is 4.86. The molecule has 1 N–H and O–H groups in total. The minimum absolute atomic E-state index is 0.572. The van der Waals surface area contributed by atoms with E-state index in [1.165, 1.54) is 57.2 Å². The first-order valence-electron chi connectivity index (χ1n) is 9.03. The average Bonchev–Trinajstić information content (AvgIpc) is 2.96. The zero-order valence-corrected chi connectivity index (χ0v) is 14.1. The topological polar surface area (TPSA) is 29.9 Å². The van der Waals surface area contributed by atoms with Crippen LogP contribution < -0.4 is 5.32 Å². The standard InChI is InChI=1S/C18H33N3/c1-4-18(5-2)21-12-11-17(20-21)13-15-9-7-8-10-16(15)14-19-6-3/h11-12,15-16,18-19H,4-10,13-14H2,1-3H3. The van der Waals surface area contributed by atoms with Gasteiger partial charge in [0.25, 0.3) is 0 Å². The van der Waals surface area contributed by atoms with E-state index in [9.17, 15) is 0 Å². The molecule has 1 fully saturated rings.